The Bertz CT molecular complexity index is 462. The van der Waals surface area contributed by atoms with Crippen molar-refractivity contribution in [3.63, 3.8) is 0 Å². The normalized spacial score (nSPS) is 33.2. The Kier molecular flexibility index (Phi) is 3.80. The summed E-state index contributed by atoms with van der Waals surface area (Å²) >= 11 is 5.89. The van der Waals surface area contributed by atoms with E-state index >= 15 is 0 Å². The van der Waals surface area contributed by atoms with Gasteiger partial charge in [0.25, 0.3) is 0 Å². The number of benzene rings is 1. The minimum atomic E-state index is -4.82. The molecule has 0 radical (unpaired) electrons. The minimum absolute atomic E-state index is 0. The molecular weight excluding hydrogens is 293 g/mol. The smallest absolute Gasteiger partial charge is 0.449 e. The van der Waals surface area contributed by atoms with E-state index in [1.807, 2.05) is 0 Å². The Balaban J connectivity index is 0.00000120. The van der Waals surface area contributed by atoms with E-state index in [2.05, 4.69) is 0 Å². The van der Waals surface area contributed by atoms with Gasteiger partial charge in [0.05, 0.1) is 0 Å². The molecule has 0 amide bonds. The Morgan fingerprint density at radius 3 is 2.11 bits per heavy atom. The van der Waals surface area contributed by atoms with Crippen LogP contribution in [0.15, 0.2) is 18.2 Å². The summed E-state index contributed by atoms with van der Waals surface area (Å²) < 4.78 is 51.9. The average Bonchev–Trinajstić information content (AvgIpc) is 2.03. The third kappa shape index (κ3) is 1.87. The third-order valence-electron chi connectivity index (χ3n) is 4.26. The van der Waals surface area contributed by atoms with Gasteiger partial charge in [0.15, 0.2) is 0 Å². The molecule has 3 fully saturated rings. The summed E-state index contributed by atoms with van der Waals surface area (Å²) in [7, 11) is 0. The van der Waals surface area contributed by atoms with E-state index in [1.165, 1.54) is 18.2 Å². The molecule has 0 nitrogen and oxygen atoms in total. The van der Waals surface area contributed by atoms with Crippen LogP contribution in [0.3, 0.4) is 0 Å². The van der Waals surface area contributed by atoms with Crippen molar-refractivity contribution in [3.8, 4) is 0 Å². The maximum Gasteiger partial charge on any atom is 1.00 e. The molecule has 0 heterocycles. The van der Waals surface area contributed by atoms with Crippen LogP contribution >= 0.6 is 11.6 Å². The second-order valence-electron chi connectivity index (χ2n) is 5.34. The maximum atomic E-state index is 13.7. The van der Waals surface area contributed by atoms with Crippen LogP contribution in [0.1, 0.15) is 24.8 Å². The Labute approximate surface area is 150 Å². The molecule has 0 atom stereocenters. The quantitative estimate of drug-likeness (QED) is 0.574. The number of hydrogen-bond acceptors (Lipinski definition) is 0. The zero-order valence-corrected chi connectivity index (χ0v) is 13.7. The fourth-order valence-electron chi connectivity index (χ4n) is 3.48. The van der Waals surface area contributed by atoms with Crippen molar-refractivity contribution < 1.29 is 68.7 Å². The predicted molar refractivity (Wildman–Crippen MR) is 58.7 cm³/mol. The fraction of sp³-hybridized carbons (Fsp3) is 0.455. The van der Waals surface area contributed by atoms with Gasteiger partial charge < -0.3 is 12.9 Å². The Hall–Kier alpha value is 0.931. The molecule has 1 aromatic carbocycles. The molecule has 3 saturated carbocycles. The molecule has 2 bridgehead atoms. The van der Waals surface area contributed by atoms with E-state index in [0.717, 1.165) is 0 Å². The van der Waals surface area contributed by atoms with Gasteiger partial charge >= 0.3 is 58.4 Å². The van der Waals surface area contributed by atoms with Gasteiger partial charge in [-0.3, -0.25) is 0 Å². The first-order chi connectivity index (χ1) is 7.80. The van der Waals surface area contributed by atoms with Crippen molar-refractivity contribution in [2.24, 2.45) is 0 Å². The van der Waals surface area contributed by atoms with E-state index < -0.39 is 23.5 Å². The van der Waals surface area contributed by atoms with Gasteiger partial charge in [-0.25, -0.2) is 4.39 Å². The van der Waals surface area contributed by atoms with Gasteiger partial charge in [0, 0.05) is 10.6 Å². The van der Waals surface area contributed by atoms with Gasteiger partial charge in [-0.05, 0) is 17.5 Å². The zero-order chi connectivity index (χ0) is 12.5. The first kappa shape index (κ1) is 15.3. The number of rotatable bonds is 2. The van der Waals surface area contributed by atoms with Crippen molar-refractivity contribution in [2.75, 3.05) is 0 Å². The number of hydrogen-bond donors (Lipinski definition) is 0. The molecule has 92 valence electrons. The summed E-state index contributed by atoms with van der Waals surface area (Å²) in [4.78, 5) is 0. The first-order valence-electron chi connectivity index (χ1n) is 5.44. The molecule has 0 saturated heterocycles. The van der Waals surface area contributed by atoms with E-state index in [9.17, 15) is 17.3 Å². The molecule has 18 heavy (non-hydrogen) atoms. The van der Waals surface area contributed by atoms with Crippen molar-refractivity contribution in [1.82, 2.24) is 0 Å². The van der Waals surface area contributed by atoms with Crippen LogP contribution in [0, 0.1) is 5.82 Å². The van der Waals surface area contributed by atoms with Crippen LogP contribution in [-0.2, 0) is 5.41 Å². The van der Waals surface area contributed by atoms with Gasteiger partial charge in [0.1, 0.15) is 5.82 Å². The van der Waals surface area contributed by atoms with Crippen LogP contribution in [0.4, 0.5) is 17.3 Å². The Morgan fingerprint density at radius 1 is 1.11 bits per heavy atom. The summed E-state index contributed by atoms with van der Waals surface area (Å²) in [5.74, 6) is -0.486. The van der Waals surface area contributed by atoms with E-state index in [1.54, 1.807) is 0 Å². The molecule has 0 spiro atoms. The van der Waals surface area contributed by atoms with Crippen molar-refractivity contribution >= 4 is 18.6 Å². The summed E-state index contributed by atoms with van der Waals surface area (Å²) in [6.07, 6.45) is 0.0124. The van der Waals surface area contributed by atoms with Crippen LogP contribution in [0.5, 0.6) is 0 Å². The topological polar surface area (TPSA) is 0 Å². The second kappa shape index (κ2) is 4.46. The molecule has 4 rings (SSSR count). The van der Waals surface area contributed by atoms with E-state index in [-0.39, 0.29) is 81.2 Å². The molecule has 3 aliphatic rings. The predicted octanol–water partition coefficient (Wildman–Crippen LogP) is 1.51. The molecule has 7 heteroatoms. The van der Waals surface area contributed by atoms with Crippen LogP contribution in [-0.4, -0.2) is 6.98 Å². The summed E-state index contributed by atoms with van der Waals surface area (Å²) in [5, 5.41) is -1.26. The van der Waals surface area contributed by atoms with Gasteiger partial charge in [0.2, 0.25) is 0 Å². The van der Waals surface area contributed by atoms with Crippen LogP contribution in [0.2, 0.25) is 10.3 Å². The Morgan fingerprint density at radius 2 is 1.67 bits per heavy atom. The molecule has 0 unspecified atom stereocenters. The summed E-state index contributed by atoms with van der Waals surface area (Å²) in [6, 6.07) is 4.26. The van der Waals surface area contributed by atoms with Crippen molar-refractivity contribution in [1.29, 1.82) is 0 Å². The first-order valence-corrected chi connectivity index (χ1v) is 5.81. The largest absolute Gasteiger partial charge is 1.00 e. The SMILES string of the molecule is Fc1cccc(Cl)c1C12CC([B-](F)(F)F)(C1)C2.[K+]. The average molecular weight is 303 g/mol. The summed E-state index contributed by atoms with van der Waals surface area (Å²) in [5.41, 5.74) is -0.372. The van der Waals surface area contributed by atoms with E-state index in [4.69, 9.17) is 11.6 Å². The maximum absolute atomic E-state index is 13.7. The van der Waals surface area contributed by atoms with E-state index in [0.29, 0.717) is 0 Å². The standard InChI is InChI=1S/C11H9BClF4.K/c13-7-2-1-3-8(14)9(7)10-4-11(5-10,6-10)12(15,16)17;/h1-3H,4-6H2;/q-1;+1. The second-order valence-corrected chi connectivity index (χ2v) is 5.75. The molecule has 1 aromatic rings. The number of halogens is 5. The van der Waals surface area contributed by atoms with Gasteiger partial charge in [-0.1, -0.05) is 42.2 Å². The third-order valence-corrected chi connectivity index (χ3v) is 4.57. The zero-order valence-electron chi connectivity index (χ0n) is 9.82. The molecule has 0 aromatic heterocycles. The van der Waals surface area contributed by atoms with Crippen LogP contribution in [0.25, 0.3) is 0 Å². The van der Waals surface area contributed by atoms with Gasteiger partial charge in [-0.2, -0.15) is 0 Å². The van der Waals surface area contributed by atoms with Crippen molar-refractivity contribution in [3.05, 3.63) is 34.6 Å². The van der Waals surface area contributed by atoms with Crippen molar-refractivity contribution in [2.45, 2.75) is 30.0 Å². The monoisotopic (exact) mass is 302 g/mol. The molecule has 0 aliphatic heterocycles. The summed E-state index contributed by atoms with van der Waals surface area (Å²) in [6.45, 7) is -4.82. The minimum Gasteiger partial charge on any atom is -0.449 e. The fourth-order valence-corrected chi connectivity index (χ4v) is 3.85. The molecular formula is C11H9BClF4K. The molecule has 0 N–H and O–H groups in total. The molecule has 3 aliphatic carbocycles. The van der Waals surface area contributed by atoms with Gasteiger partial charge in [-0.15, -0.1) is 0 Å². The van der Waals surface area contributed by atoms with Crippen LogP contribution < -0.4 is 51.4 Å².